The van der Waals surface area contributed by atoms with Crippen molar-refractivity contribution in [3.05, 3.63) is 12.7 Å². The number of quaternary nitrogens is 1. The molecule has 0 aromatic carbocycles. The van der Waals surface area contributed by atoms with E-state index in [1.807, 2.05) is 0 Å². The second-order valence-electron chi connectivity index (χ2n) is 14.6. The summed E-state index contributed by atoms with van der Waals surface area (Å²) in [6.45, 7) is 17.7. The van der Waals surface area contributed by atoms with E-state index in [1.54, 1.807) is 6.92 Å². The lowest BCUT2D eigenvalue weighted by atomic mass is 9.44. The highest BCUT2D eigenvalue weighted by atomic mass is 79.9. The van der Waals surface area contributed by atoms with Crippen LogP contribution in [-0.4, -0.2) is 90.7 Å². The van der Waals surface area contributed by atoms with Crippen molar-refractivity contribution >= 4 is 5.97 Å². The molecule has 6 aliphatic rings. The Hall–Kier alpha value is -0.470. The first-order valence-corrected chi connectivity index (χ1v) is 15.9. The van der Waals surface area contributed by atoms with Crippen LogP contribution in [0.3, 0.4) is 0 Å². The van der Waals surface area contributed by atoms with Crippen molar-refractivity contribution in [3.8, 4) is 0 Å². The Bertz CT molecular complexity index is 905. The summed E-state index contributed by atoms with van der Waals surface area (Å²) in [5.41, 5.74) is 0.343. The molecule has 1 N–H and O–H groups in total. The van der Waals surface area contributed by atoms with E-state index in [0.717, 1.165) is 56.6 Å². The van der Waals surface area contributed by atoms with Crippen molar-refractivity contribution in [3.63, 3.8) is 0 Å². The molecule has 0 aromatic rings. The molecule has 2 aliphatic heterocycles. The van der Waals surface area contributed by atoms with E-state index in [9.17, 15) is 9.90 Å². The molecule has 6 rings (SSSR count). The zero-order valence-corrected chi connectivity index (χ0v) is 26.2. The Morgan fingerprint density at radius 1 is 1.10 bits per heavy atom. The summed E-state index contributed by atoms with van der Waals surface area (Å²) in [7, 11) is 0. The molecule has 4 aliphatic carbocycles. The van der Waals surface area contributed by atoms with Gasteiger partial charge in [-0.15, -0.1) is 0 Å². The molecule has 0 spiro atoms. The van der Waals surface area contributed by atoms with Crippen LogP contribution in [0.2, 0.25) is 0 Å². The molecule has 10 atom stereocenters. The van der Waals surface area contributed by atoms with E-state index < -0.39 is 0 Å². The summed E-state index contributed by atoms with van der Waals surface area (Å²) < 4.78 is 13.1. The Morgan fingerprint density at radius 3 is 2.49 bits per heavy atom. The maximum atomic E-state index is 12.5. The van der Waals surface area contributed by atoms with E-state index in [0.29, 0.717) is 29.7 Å². The first-order chi connectivity index (χ1) is 18.2. The van der Waals surface area contributed by atoms with Crippen molar-refractivity contribution in [2.45, 2.75) is 103 Å². The Morgan fingerprint density at radius 2 is 1.82 bits per heavy atom. The van der Waals surface area contributed by atoms with E-state index in [4.69, 9.17) is 9.47 Å². The first-order valence-electron chi connectivity index (χ1n) is 15.9. The molecule has 4 saturated carbocycles. The van der Waals surface area contributed by atoms with Gasteiger partial charge in [0.2, 0.25) is 0 Å². The molecular weight excluding hydrogens is 556 g/mol. The number of ether oxygens (including phenoxy) is 2. The highest BCUT2D eigenvalue weighted by Crippen LogP contribution is 2.67. The van der Waals surface area contributed by atoms with Gasteiger partial charge in [0.1, 0.15) is 6.04 Å². The van der Waals surface area contributed by atoms with Crippen molar-refractivity contribution in [2.75, 3.05) is 45.9 Å². The average Bonchev–Trinajstić information content (AvgIpc) is 3.48. The van der Waals surface area contributed by atoms with Gasteiger partial charge in [-0.2, -0.15) is 0 Å². The van der Waals surface area contributed by atoms with Crippen LogP contribution in [0.5, 0.6) is 0 Å². The quantitative estimate of drug-likeness (QED) is 0.291. The third-order valence-corrected chi connectivity index (χ3v) is 13.1. The summed E-state index contributed by atoms with van der Waals surface area (Å²) in [4.78, 5) is 15.0. The number of esters is 1. The zero-order valence-electron chi connectivity index (χ0n) is 24.7. The Balaban J connectivity index is 0.00000308. The predicted molar refractivity (Wildman–Crippen MR) is 148 cm³/mol. The van der Waals surface area contributed by atoms with Gasteiger partial charge < -0.3 is 36.0 Å². The van der Waals surface area contributed by atoms with E-state index in [-0.39, 0.29) is 52.0 Å². The number of carbonyl (C=O) groups excluding carboxylic acids is 1. The minimum Gasteiger partial charge on any atom is -1.00 e. The van der Waals surface area contributed by atoms with Crippen LogP contribution in [0.4, 0.5) is 0 Å². The fourth-order valence-electron chi connectivity index (χ4n) is 11.3. The fraction of sp³-hybridized carbons (Fsp3) is 0.906. The minimum atomic E-state index is -0.209. The number of likely N-dealkylation sites (tertiary alicyclic amines) is 1. The van der Waals surface area contributed by atoms with Gasteiger partial charge in [0.05, 0.1) is 39.0 Å². The molecule has 4 unspecified atom stereocenters. The van der Waals surface area contributed by atoms with E-state index in [1.165, 1.54) is 51.6 Å². The minimum absolute atomic E-state index is 0. The van der Waals surface area contributed by atoms with Gasteiger partial charge in [0.25, 0.3) is 0 Å². The third kappa shape index (κ3) is 4.88. The summed E-state index contributed by atoms with van der Waals surface area (Å²) in [6.07, 6.45) is 12.7. The summed E-state index contributed by atoms with van der Waals surface area (Å²) in [5, 5.41) is 11.3. The SMILES string of the molecule is C=CC[N+]1([C@@H]2CC3C4CCC5C[C@H](O)[C@@H](N6CCOCC6)C[C@]5(C)C4CC[C@]3(C)[C@H]2OC(C)=O)CCCC1.[Br-]. The van der Waals surface area contributed by atoms with Crippen LogP contribution in [-0.2, 0) is 14.3 Å². The number of aliphatic hydroxyl groups is 1. The topological polar surface area (TPSA) is 59.0 Å². The average molecular weight is 610 g/mol. The van der Waals surface area contributed by atoms with Crippen LogP contribution in [0.25, 0.3) is 0 Å². The number of fused-ring (bicyclic) bond motifs is 5. The number of hydrogen-bond donors (Lipinski definition) is 1. The van der Waals surface area contributed by atoms with Crippen LogP contribution in [0, 0.1) is 34.5 Å². The van der Waals surface area contributed by atoms with Gasteiger partial charge in [-0.3, -0.25) is 9.69 Å². The van der Waals surface area contributed by atoms with Gasteiger partial charge in [0, 0.05) is 50.7 Å². The highest BCUT2D eigenvalue weighted by Gasteiger charge is 2.67. The van der Waals surface area contributed by atoms with E-state index in [2.05, 4.69) is 31.4 Å². The maximum Gasteiger partial charge on any atom is 0.303 e. The number of aliphatic hydroxyl groups excluding tert-OH is 1. The van der Waals surface area contributed by atoms with Gasteiger partial charge in [-0.25, -0.2) is 0 Å². The Labute approximate surface area is 247 Å². The lowest BCUT2D eigenvalue weighted by Gasteiger charge is -2.62. The number of carbonyl (C=O) groups is 1. The monoisotopic (exact) mass is 608 g/mol. The second-order valence-corrected chi connectivity index (χ2v) is 14.6. The van der Waals surface area contributed by atoms with Crippen LogP contribution < -0.4 is 17.0 Å². The molecule has 39 heavy (non-hydrogen) atoms. The molecule has 6 fully saturated rings. The first kappa shape index (κ1) is 30.0. The van der Waals surface area contributed by atoms with Crippen LogP contribution in [0.15, 0.2) is 12.7 Å². The molecule has 222 valence electrons. The molecule has 2 heterocycles. The van der Waals surface area contributed by atoms with Gasteiger partial charge in [-0.05, 0) is 73.7 Å². The fourth-order valence-corrected chi connectivity index (χ4v) is 11.3. The number of halogens is 1. The van der Waals surface area contributed by atoms with Crippen molar-refractivity contribution in [1.82, 2.24) is 4.90 Å². The van der Waals surface area contributed by atoms with E-state index >= 15 is 0 Å². The molecule has 2 saturated heterocycles. The largest absolute Gasteiger partial charge is 1.00 e. The van der Waals surface area contributed by atoms with Crippen LogP contribution in [0.1, 0.15) is 78.6 Å². The highest BCUT2D eigenvalue weighted by molar-refractivity contribution is 5.66. The number of rotatable bonds is 5. The molecule has 7 heteroatoms. The summed E-state index contributed by atoms with van der Waals surface area (Å²) in [6, 6.07) is 0.663. The zero-order chi connectivity index (χ0) is 26.7. The van der Waals surface area contributed by atoms with Crippen LogP contribution >= 0.6 is 0 Å². The maximum absolute atomic E-state index is 12.5. The summed E-state index contributed by atoms with van der Waals surface area (Å²) in [5.74, 6) is 2.54. The molecule has 0 amide bonds. The van der Waals surface area contributed by atoms with Gasteiger partial charge >= 0.3 is 5.97 Å². The molecule has 0 bridgehead atoms. The number of hydrogen-bond acceptors (Lipinski definition) is 5. The normalized spacial score (nSPS) is 47.3. The van der Waals surface area contributed by atoms with Crippen molar-refractivity contribution in [2.24, 2.45) is 34.5 Å². The lowest BCUT2D eigenvalue weighted by Crippen LogP contribution is -3.00. The third-order valence-electron chi connectivity index (χ3n) is 13.1. The Kier molecular flexibility index (Phi) is 8.70. The van der Waals surface area contributed by atoms with Crippen molar-refractivity contribution in [1.29, 1.82) is 0 Å². The smallest absolute Gasteiger partial charge is 0.303 e. The molecule has 6 nitrogen and oxygen atoms in total. The predicted octanol–water partition coefficient (Wildman–Crippen LogP) is 1.41. The van der Waals surface area contributed by atoms with Gasteiger partial charge in [-0.1, -0.05) is 20.4 Å². The molecular formula is C32H53BrN2O4. The number of morpholine rings is 1. The summed E-state index contributed by atoms with van der Waals surface area (Å²) >= 11 is 0. The lowest BCUT2D eigenvalue weighted by molar-refractivity contribution is -0.937. The molecule has 0 aromatic heterocycles. The second kappa shape index (κ2) is 11.3. The van der Waals surface area contributed by atoms with Gasteiger partial charge in [0.15, 0.2) is 6.10 Å². The molecule has 0 radical (unpaired) electrons. The number of nitrogens with zero attached hydrogens (tertiary/aromatic N) is 2. The van der Waals surface area contributed by atoms with Crippen molar-refractivity contribution < 1.29 is 40.8 Å². The standard InChI is InChI=1S/C32H53N2O4.BrH/c1-5-14-34(15-6-7-16-34)28-20-26-24-9-8-23-19-29(36)27(33-12-17-37-18-13-33)21-32(23,4)25(24)10-11-31(26,3)30(28)38-22(2)35;/h5,23-30,36H,1,6-21H2,2-4H3;1H/q+1;/p-1/t23?,24?,25?,26?,27-,28+,29-,30-,31-,32-;/m0./s1.